The molecule has 0 heterocycles. The van der Waals surface area contributed by atoms with Gasteiger partial charge in [0, 0.05) is 38.2 Å². The standard InChI is InChI=1S/C26H38N2O6/c1-19-8-10-20(11-9-19)15-28-25(30)7-5-6-12-34-21-13-23(32-3)22(24(14-21)33-4)16-27-17-26(2,31)18-29/h8-11,13-14,27,29,31H,5-7,12,15-18H2,1-4H3,(H,28,30). The number of aryl methyl sites for hydroxylation is 1. The number of aliphatic hydroxyl groups excluding tert-OH is 1. The van der Waals surface area contributed by atoms with Gasteiger partial charge in [0.05, 0.1) is 38.6 Å². The van der Waals surface area contributed by atoms with Gasteiger partial charge in [-0.25, -0.2) is 0 Å². The summed E-state index contributed by atoms with van der Waals surface area (Å²) in [6, 6.07) is 11.7. The van der Waals surface area contributed by atoms with Gasteiger partial charge in [0.15, 0.2) is 0 Å². The summed E-state index contributed by atoms with van der Waals surface area (Å²) < 4.78 is 16.9. The van der Waals surface area contributed by atoms with E-state index >= 15 is 0 Å². The number of hydrogen-bond acceptors (Lipinski definition) is 7. The van der Waals surface area contributed by atoms with Crippen LogP contribution in [0.25, 0.3) is 0 Å². The summed E-state index contributed by atoms with van der Waals surface area (Å²) in [5.74, 6) is 1.84. The zero-order valence-electron chi connectivity index (χ0n) is 20.6. The van der Waals surface area contributed by atoms with Gasteiger partial charge < -0.3 is 35.1 Å². The van der Waals surface area contributed by atoms with Crippen LogP contribution in [0.5, 0.6) is 17.2 Å². The molecule has 188 valence electrons. The maximum absolute atomic E-state index is 12.1. The molecule has 8 nitrogen and oxygen atoms in total. The Labute approximate surface area is 202 Å². The SMILES string of the molecule is COc1cc(OCCCCC(=O)NCc2ccc(C)cc2)cc(OC)c1CNCC(C)(O)CO. The van der Waals surface area contributed by atoms with E-state index in [0.717, 1.165) is 24.0 Å². The van der Waals surface area contributed by atoms with Crippen LogP contribution in [0.1, 0.15) is 42.9 Å². The minimum atomic E-state index is -1.21. The van der Waals surface area contributed by atoms with Crippen molar-refractivity contribution in [2.75, 3.05) is 34.0 Å². The molecule has 0 saturated carbocycles. The number of nitrogens with one attached hydrogen (secondary N) is 2. The first-order chi connectivity index (χ1) is 16.3. The summed E-state index contributed by atoms with van der Waals surface area (Å²) in [6.07, 6.45) is 1.91. The second-order valence-electron chi connectivity index (χ2n) is 8.63. The van der Waals surface area contributed by atoms with Gasteiger partial charge >= 0.3 is 0 Å². The van der Waals surface area contributed by atoms with Crippen LogP contribution < -0.4 is 24.8 Å². The van der Waals surface area contributed by atoms with Gasteiger partial charge in [-0.15, -0.1) is 0 Å². The number of carbonyl (C=O) groups is 1. The number of amides is 1. The van der Waals surface area contributed by atoms with Crippen molar-refractivity contribution in [1.82, 2.24) is 10.6 Å². The lowest BCUT2D eigenvalue weighted by Gasteiger charge is -2.22. The minimum absolute atomic E-state index is 0.0286. The lowest BCUT2D eigenvalue weighted by atomic mass is 10.1. The summed E-state index contributed by atoms with van der Waals surface area (Å²) >= 11 is 0. The highest BCUT2D eigenvalue weighted by atomic mass is 16.5. The second kappa shape index (κ2) is 13.8. The molecule has 2 rings (SSSR count). The third kappa shape index (κ3) is 9.21. The van der Waals surface area contributed by atoms with E-state index in [-0.39, 0.29) is 19.1 Å². The molecule has 0 fully saturated rings. The molecule has 0 saturated heterocycles. The molecule has 0 aliphatic carbocycles. The molecule has 8 heteroatoms. The Morgan fingerprint density at radius 3 is 2.26 bits per heavy atom. The van der Waals surface area contributed by atoms with Crippen LogP contribution in [-0.2, 0) is 17.9 Å². The van der Waals surface area contributed by atoms with Gasteiger partial charge in [0.2, 0.25) is 5.91 Å². The fourth-order valence-electron chi connectivity index (χ4n) is 3.30. The Balaban J connectivity index is 1.78. The lowest BCUT2D eigenvalue weighted by molar-refractivity contribution is -0.121. The van der Waals surface area contributed by atoms with Gasteiger partial charge in [-0.3, -0.25) is 4.79 Å². The Morgan fingerprint density at radius 2 is 1.68 bits per heavy atom. The van der Waals surface area contributed by atoms with Crippen molar-refractivity contribution >= 4 is 5.91 Å². The lowest BCUT2D eigenvalue weighted by Crippen LogP contribution is -2.40. The summed E-state index contributed by atoms with van der Waals surface area (Å²) in [6.45, 7) is 4.86. The Morgan fingerprint density at radius 1 is 1.03 bits per heavy atom. The van der Waals surface area contributed by atoms with Crippen LogP contribution in [0, 0.1) is 6.92 Å². The Bertz CT molecular complexity index is 874. The summed E-state index contributed by atoms with van der Waals surface area (Å²) in [5, 5.41) is 25.2. The maximum atomic E-state index is 12.1. The molecule has 34 heavy (non-hydrogen) atoms. The van der Waals surface area contributed by atoms with E-state index in [0.29, 0.717) is 43.4 Å². The van der Waals surface area contributed by atoms with Crippen LogP contribution in [-0.4, -0.2) is 55.7 Å². The van der Waals surface area contributed by atoms with Crippen LogP contribution >= 0.6 is 0 Å². The molecule has 2 aromatic rings. The van der Waals surface area contributed by atoms with E-state index in [1.165, 1.54) is 5.56 Å². The number of carbonyl (C=O) groups excluding carboxylic acids is 1. The number of methoxy groups -OCH3 is 2. The van der Waals surface area contributed by atoms with Gasteiger partial charge in [-0.1, -0.05) is 29.8 Å². The topological polar surface area (TPSA) is 109 Å². The first-order valence-corrected chi connectivity index (χ1v) is 11.5. The van der Waals surface area contributed by atoms with Crippen molar-refractivity contribution in [2.45, 2.75) is 51.8 Å². The smallest absolute Gasteiger partial charge is 0.220 e. The summed E-state index contributed by atoms with van der Waals surface area (Å²) in [5.41, 5.74) is 1.86. The van der Waals surface area contributed by atoms with E-state index in [1.54, 1.807) is 33.3 Å². The van der Waals surface area contributed by atoms with E-state index in [2.05, 4.69) is 10.6 Å². The molecular formula is C26H38N2O6. The van der Waals surface area contributed by atoms with Crippen molar-refractivity contribution < 1.29 is 29.2 Å². The van der Waals surface area contributed by atoms with Gasteiger partial charge in [0.25, 0.3) is 0 Å². The van der Waals surface area contributed by atoms with E-state index < -0.39 is 5.60 Å². The van der Waals surface area contributed by atoms with Gasteiger partial charge in [-0.2, -0.15) is 0 Å². The van der Waals surface area contributed by atoms with Crippen LogP contribution in [0.3, 0.4) is 0 Å². The van der Waals surface area contributed by atoms with Crippen molar-refractivity contribution in [3.63, 3.8) is 0 Å². The van der Waals surface area contributed by atoms with Crippen molar-refractivity contribution in [1.29, 1.82) is 0 Å². The summed E-state index contributed by atoms with van der Waals surface area (Å²) in [7, 11) is 3.14. The Kier molecular flexibility index (Phi) is 11.1. The molecule has 0 spiro atoms. The fraction of sp³-hybridized carbons (Fsp3) is 0.500. The molecular weight excluding hydrogens is 436 g/mol. The zero-order chi connectivity index (χ0) is 25.0. The predicted molar refractivity (Wildman–Crippen MR) is 131 cm³/mol. The molecule has 1 unspecified atom stereocenters. The normalized spacial score (nSPS) is 12.6. The van der Waals surface area contributed by atoms with Crippen LogP contribution in [0.15, 0.2) is 36.4 Å². The van der Waals surface area contributed by atoms with Crippen molar-refractivity contribution in [2.24, 2.45) is 0 Å². The molecule has 0 aromatic heterocycles. The minimum Gasteiger partial charge on any atom is -0.496 e. The quantitative estimate of drug-likeness (QED) is 0.294. The van der Waals surface area contributed by atoms with Crippen molar-refractivity contribution in [3.8, 4) is 17.2 Å². The monoisotopic (exact) mass is 474 g/mol. The molecule has 2 aromatic carbocycles. The molecule has 1 amide bonds. The highest BCUT2D eigenvalue weighted by Gasteiger charge is 2.20. The summed E-state index contributed by atoms with van der Waals surface area (Å²) in [4.78, 5) is 12.1. The zero-order valence-corrected chi connectivity index (χ0v) is 20.6. The predicted octanol–water partition coefficient (Wildman–Crippen LogP) is 2.71. The number of unbranched alkanes of at least 4 members (excludes halogenated alkanes) is 1. The number of benzene rings is 2. The number of rotatable bonds is 15. The third-order valence-electron chi connectivity index (χ3n) is 5.41. The molecule has 0 aliphatic heterocycles. The van der Waals surface area contributed by atoms with E-state index in [4.69, 9.17) is 14.2 Å². The molecule has 0 bridgehead atoms. The third-order valence-corrected chi connectivity index (χ3v) is 5.41. The van der Waals surface area contributed by atoms with E-state index in [1.807, 2.05) is 31.2 Å². The number of aliphatic hydroxyl groups is 2. The first kappa shape index (κ1) is 27.4. The second-order valence-corrected chi connectivity index (χ2v) is 8.63. The van der Waals surface area contributed by atoms with Crippen LogP contribution in [0.2, 0.25) is 0 Å². The largest absolute Gasteiger partial charge is 0.496 e. The molecule has 1 atom stereocenters. The maximum Gasteiger partial charge on any atom is 0.220 e. The fourth-order valence-corrected chi connectivity index (χ4v) is 3.30. The average molecular weight is 475 g/mol. The first-order valence-electron chi connectivity index (χ1n) is 11.5. The average Bonchev–Trinajstić information content (AvgIpc) is 2.83. The Hall–Kier alpha value is -2.81. The molecule has 0 aliphatic rings. The number of ether oxygens (including phenoxy) is 3. The highest BCUT2D eigenvalue weighted by Crippen LogP contribution is 2.34. The van der Waals surface area contributed by atoms with Gasteiger partial charge in [-0.05, 0) is 32.3 Å². The van der Waals surface area contributed by atoms with E-state index in [9.17, 15) is 15.0 Å². The molecule has 4 N–H and O–H groups in total. The van der Waals surface area contributed by atoms with Crippen LogP contribution in [0.4, 0.5) is 0 Å². The number of hydrogen-bond donors (Lipinski definition) is 4. The highest BCUT2D eigenvalue weighted by molar-refractivity contribution is 5.75. The van der Waals surface area contributed by atoms with Gasteiger partial charge in [0.1, 0.15) is 17.2 Å². The van der Waals surface area contributed by atoms with Crippen molar-refractivity contribution in [3.05, 3.63) is 53.1 Å². The molecule has 0 radical (unpaired) electrons.